The summed E-state index contributed by atoms with van der Waals surface area (Å²) in [6.45, 7) is 3.74. The Balaban J connectivity index is 1.61. The van der Waals surface area contributed by atoms with Crippen molar-refractivity contribution in [2.45, 2.75) is 25.4 Å². The monoisotopic (exact) mass is 244 g/mol. The number of rotatable bonds is 2. The molecule has 2 saturated heterocycles. The molecule has 1 aromatic carbocycles. The third kappa shape index (κ3) is 2.47. The molecule has 2 unspecified atom stereocenters. The predicted octanol–water partition coefficient (Wildman–Crippen LogP) is 1.44. The van der Waals surface area contributed by atoms with Crippen LogP contribution in [-0.2, 0) is 11.3 Å². The SMILES string of the molecule is O=C1CNC2CCN(Cc3ccccc3)CCC12. The molecule has 2 aliphatic heterocycles. The molecule has 1 aromatic rings. The molecule has 0 aliphatic carbocycles. The summed E-state index contributed by atoms with van der Waals surface area (Å²) in [6.07, 6.45) is 2.12. The first-order valence-corrected chi connectivity index (χ1v) is 6.85. The molecule has 2 heterocycles. The maximum Gasteiger partial charge on any atom is 0.151 e. The first-order chi connectivity index (χ1) is 8.83. The highest BCUT2D eigenvalue weighted by Crippen LogP contribution is 2.23. The largest absolute Gasteiger partial charge is 0.306 e. The minimum Gasteiger partial charge on any atom is -0.306 e. The molecule has 3 heteroatoms. The van der Waals surface area contributed by atoms with Crippen molar-refractivity contribution in [2.75, 3.05) is 19.6 Å². The summed E-state index contributed by atoms with van der Waals surface area (Å²) in [5.41, 5.74) is 1.36. The Hall–Kier alpha value is -1.19. The zero-order valence-corrected chi connectivity index (χ0v) is 10.6. The molecule has 0 aromatic heterocycles. The topological polar surface area (TPSA) is 32.3 Å². The van der Waals surface area contributed by atoms with Crippen LogP contribution in [0.15, 0.2) is 30.3 Å². The lowest BCUT2D eigenvalue weighted by molar-refractivity contribution is -0.119. The van der Waals surface area contributed by atoms with Crippen molar-refractivity contribution in [1.82, 2.24) is 10.2 Å². The molecule has 0 radical (unpaired) electrons. The Morgan fingerprint density at radius 3 is 2.78 bits per heavy atom. The summed E-state index contributed by atoms with van der Waals surface area (Å²) in [5, 5.41) is 3.36. The first-order valence-electron chi connectivity index (χ1n) is 6.85. The van der Waals surface area contributed by atoms with Crippen molar-refractivity contribution in [3.05, 3.63) is 35.9 Å². The second-order valence-electron chi connectivity index (χ2n) is 5.40. The second-order valence-corrected chi connectivity index (χ2v) is 5.40. The van der Waals surface area contributed by atoms with Crippen molar-refractivity contribution in [3.8, 4) is 0 Å². The molecule has 18 heavy (non-hydrogen) atoms. The highest BCUT2D eigenvalue weighted by molar-refractivity contribution is 5.85. The number of fused-ring (bicyclic) bond motifs is 1. The Morgan fingerprint density at radius 2 is 1.94 bits per heavy atom. The number of carbonyl (C=O) groups excluding carboxylic acids is 1. The summed E-state index contributed by atoms with van der Waals surface area (Å²) in [5.74, 6) is 0.687. The van der Waals surface area contributed by atoms with Crippen LogP contribution >= 0.6 is 0 Å². The van der Waals surface area contributed by atoms with Crippen LogP contribution in [0.3, 0.4) is 0 Å². The van der Waals surface area contributed by atoms with Crippen LogP contribution in [0.5, 0.6) is 0 Å². The lowest BCUT2D eigenvalue weighted by atomic mass is 9.95. The molecule has 3 rings (SSSR count). The van der Waals surface area contributed by atoms with E-state index in [9.17, 15) is 4.79 Å². The average Bonchev–Trinajstić information content (AvgIpc) is 2.63. The standard InChI is InChI=1S/C15H20N2O/c18-15-10-16-14-7-9-17(8-6-13(14)15)11-12-4-2-1-3-5-12/h1-5,13-14,16H,6-11H2. The van der Waals surface area contributed by atoms with Gasteiger partial charge in [-0.1, -0.05) is 30.3 Å². The number of ketones is 1. The van der Waals surface area contributed by atoms with Gasteiger partial charge in [-0.2, -0.15) is 0 Å². The van der Waals surface area contributed by atoms with Gasteiger partial charge < -0.3 is 5.32 Å². The minimum absolute atomic E-state index is 0.269. The van der Waals surface area contributed by atoms with E-state index in [2.05, 4.69) is 40.5 Å². The van der Waals surface area contributed by atoms with Crippen LogP contribution in [0, 0.1) is 5.92 Å². The fourth-order valence-electron chi connectivity index (χ4n) is 3.15. The zero-order chi connectivity index (χ0) is 12.4. The van der Waals surface area contributed by atoms with Crippen molar-refractivity contribution >= 4 is 5.78 Å². The van der Waals surface area contributed by atoms with Crippen LogP contribution in [0.25, 0.3) is 0 Å². The van der Waals surface area contributed by atoms with Crippen molar-refractivity contribution < 1.29 is 4.79 Å². The van der Waals surface area contributed by atoms with E-state index in [1.807, 2.05) is 0 Å². The van der Waals surface area contributed by atoms with Gasteiger partial charge in [-0.25, -0.2) is 0 Å². The van der Waals surface area contributed by atoms with Gasteiger partial charge in [-0.05, 0) is 31.5 Å². The van der Waals surface area contributed by atoms with Crippen LogP contribution in [-0.4, -0.2) is 36.4 Å². The van der Waals surface area contributed by atoms with E-state index < -0.39 is 0 Å². The number of hydrogen-bond donors (Lipinski definition) is 1. The average molecular weight is 244 g/mol. The van der Waals surface area contributed by atoms with E-state index in [1.165, 1.54) is 5.56 Å². The number of benzene rings is 1. The highest BCUT2D eigenvalue weighted by atomic mass is 16.1. The van der Waals surface area contributed by atoms with Gasteiger partial charge in [0.15, 0.2) is 5.78 Å². The molecular formula is C15H20N2O. The minimum atomic E-state index is 0.269. The number of nitrogens with zero attached hydrogens (tertiary/aromatic N) is 1. The van der Waals surface area contributed by atoms with Crippen LogP contribution in [0.2, 0.25) is 0 Å². The van der Waals surface area contributed by atoms with Crippen molar-refractivity contribution in [2.24, 2.45) is 5.92 Å². The molecule has 96 valence electrons. The Morgan fingerprint density at radius 1 is 1.17 bits per heavy atom. The fourth-order valence-corrected chi connectivity index (χ4v) is 3.15. The normalized spacial score (nSPS) is 29.0. The van der Waals surface area contributed by atoms with Crippen LogP contribution in [0.4, 0.5) is 0 Å². The van der Waals surface area contributed by atoms with E-state index in [0.717, 1.165) is 32.5 Å². The molecule has 0 saturated carbocycles. The Labute approximate surface area is 108 Å². The molecule has 0 bridgehead atoms. The number of nitrogens with one attached hydrogen (secondary N) is 1. The van der Waals surface area contributed by atoms with Crippen molar-refractivity contribution in [1.29, 1.82) is 0 Å². The van der Waals surface area contributed by atoms with E-state index >= 15 is 0 Å². The van der Waals surface area contributed by atoms with E-state index in [0.29, 0.717) is 18.4 Å². The summed E-state index contributed by atoms with van der Waals surface area (Å²) in [4.78, 5) is 14.2. The molecule has 3 nitrogen and oxygen atoms in total. The number of hydrogen-bond acceptors (Lipinski definition) is 3. The second kappa shape index (κ2) is 5.21. The molecule has 2 fully saturated rings. The third-order valence-electron chi connectivity index (χ3n) is 4.20. The molecule has 1 N–H and O–H groups in total. The Kier molecular flexibility index (Phi) is 3.43. The molecule has 2 aliphatic rings. The number of carbonyl (C=O) groups is 1. The van der Waals surface area contributed by atoms with E-state index in [1.54, 1.807) is 0 Å². The van der Waals surface area contributed by atoms with Gasteiger partial charge in [-0.15, -0.1) is 0 Å². The van der Waals surface area contributed by atoms with Gasteiger partial charge in [0.1, 0.15) is 0 Å². The van der Waals surface area contributed by atoms with Gasteiger partial charge in [0, 0.05) is 18.5 Å². The first kappa shape index (κ1) is 11.9. The van der Waals surface area contributed by atoms with Gasteiger partial charge in [-0.3, -0.25) is 9.69 Å². The fraction of sp³-hybridized carbons (Fsp3) is 0.533. The maximum absolute atomic E-state index is 11.7. The smallest absolute Gasteiger partial charge is 0.151 e. The molecule has 0 spiro atoms. The molecular weight excluding hydrogens is 224 g/mol. The summed E-state index contributed by atoms with van der Waals surface area (Å²) in [7, 11) is 0. The maximum atomic E-state index is 11.7. The highest BCUT2D eigenvalue weighted by Gasteiger charge is 2.35. The lowest BCUT2D eigenvalue weighted by Gasteiger charge is -2.20. The Bertz CT molecular complexity index is 418. The molecule has 0 amide bonds. The van der Waals surface area contributed by atoms with Crippen LogP contribution < -0.4 is 5.32 Å². The number of likely N-dealkylation sites (tertiary alicyclic amines) is 1. The number of Topliss-reactive ketones (excluding diaryl/α,β-unsaturated/α-hetero) is 1. The van der Waals surface area contributed by atoms with Gasteiger partial charge in [0.25, 0.3) is 0 Å². The summed E-state index contributed by atoms with van der Waals surface area (Å²) in [6, 6.07) is 11.0. The quantitative estimate of drug-likeness (QED) is 0.854. The summed E-state index contributed by atoms with van der Waals surface area (Å²) < 4.78 is 0. The van der Waals surface area contributed by atoms with Gasteiger partial charge >= 0.3 is 0 Å². The van der Waals surface area contributed by atoms with E-state index in [-0.39, 0.29) is 5.92 Å². The van der Waals surface area contributed by atoms with E-state index in [4.69, 9.17) is 0 Å². The predicted molar refractivity (Wildman–Crippen MR) is 71.2 cm³/mol. The molecule has 2 atom stereocenters. The lowest BCUT2D eigenvalue weighted by Crippen LogP contribution is -2.28. The van der Waals surface area contributed by atoms with Crippen LogP contribution in [0.1, 0.15) is 18.4 Å². The van der Waals surface area contributed by atoms with Gasteiger partial charge in [0.05, 0.1) is 6.54 Å². The van der Waals surface area contributed by atoms with Gasteiger partial charge in [0.2, 0.25) is 0 Å². The third-order valence-corrected chi connectivity index (χ3v) is 4.20. The summed E-state index contributed by atoms with van der Waals surface area (Å²) >= 11 is 0. The zero-order valence-electron chi connectivity index (χ0n) is 10.6. The van der Waals surface area contributed by atoms with Crippen molar-refractivity contribution in [3.63, 3.8) is 0 Å².